The Bertz CT molecular complexity index is 102. The summed E-state index contributed by atoms with van der Waals surface area (Å²) in [6.07, 6.45) is 0. The Kier molecular flexibility index (Phi) is 3.11. The largest absolute Gasteiger partial charge is 0.420 e. The molecule has 0 heterocycles. The highest BCUT2D eigenvalue weighted by Crippen LogP contribution is 2.27. The topological polar surface area (TPSA) is 9.23 Å². The third kappa shape index (κ3) is 5.00. The molecule has 0 saturated heterocycles. The van der Waals surface area contributed by atoms with E-state index in [9.17, 15) is 0 Å². The Morgan fingerprint density at radius 2 is 1.60 bits per heavy atom. The third-order valence-electron chi connectivity index (χ3n) is 1.51. The maximum atomic E-state index is 5.45. The molecule has 0 atom stereocenters. The Morgan fingerprint density at radius 1 is 1.20 bits per heavy atom. The molecule has 0 aliphatic heterocycles. The number of rotatable bonds is 2. The fraction of sp³-hybridized carbons (Fsp3) is 1.00. The molecule has 62 valence electrons. The van der Waals surface area contributed by atoms with Crippen molar-refractivity contribution >= 4 is 8.32 Å². The Labute approximate surface area is 65.9 Å². The second kappa shape index (κ2) is 3.05. The van der Waals surface area contributed by atoms with Crippen LogP contribution in [0.2, 0.25) is 19.1 Å². The molecule has 0 aromatic rings. The first-order valence-corrected chi connectivity index (χ1v) is 6.93. The van der Waals surface area contributed by atoms with E-state index in [1.54, 1.807) is 0 Å². The maximum absolute atomic E-state index is 5.45. The van der Waals surface area contributed by atoms with Gasteiger partial charge in [0.15, 0.2) is 8.32 Å². The van der Waals surface area contributed by atoms with Crippen molar-refractivity contribution in [3.05, 3.63) is 0 Å². The molecule has 0 amide bonds. The summed E-state index contributed by atoms with van der Waals surface area (Å²) in [7, 11) is 0.519. The molecule has 0 unspecified atom stereocenters. The van der Waals surface area contributed by atoms with Crippen LogP contribution in [0.5, 0.6) is 0 Å². The highest BCUT2D eigenvalue weighted by molar-refractivity contribution is 6.71. The molecule has 0 aromatic heterocycles. The van der Waals surface area contributed by atoms with Crippen LogP contribution in [0, 0.1) is 5.41 Å². The van der Waals surface area contributed by atoms with E-state index >= 15 is 0 Å². The minimum absolute atomic E-state index is 0.422. The minimum atomic E-state index is -1.31. The van der Waals surface area contributed by atoms with Gasteiger partial charge in [0.05, 0.1) is 0 Å². The van der Waals surface area contributed by atoms with Crippen LogP contribution in [0.15, 0.2) is 0 Å². The van der Waals surface area contributed by atoms with E-state index in [1.807, 2.05) is 7.11 Å². The molecule has 0 N–H and O–H groups in total. The van der Waals surface area contributed by atoms with Gasteiger partial charge in [0.25, 0.3) is 0 Å². The summed E-state index contributed by atoms with van der Waals surface area (Å²) in [4.78, 5) is 0. The lowest BCUT2D eigenvalue weighted by atomic mass is 10.0. The summed E-state index contributed by atoms with van der Waals surface area (Å²) < 4.78 is 5.45. The van der Waals surface area contributed by atoms with E-state index in [2.05, 4.69) is 33.9 Å². The molecule has 0 aromatic carbocycles. The fourth-order valence-corrected chi connectivity index (χ4v) is 4.05. The molecule has 10 heavy (non-hydrogen) atoms. The second-order valence-electron chi connectivity index (χ2n) is 4.70. The van der Waals surface area contributed by atoms with Gasteiger partial charge in [-0.15, -0.1) is 0 Å². The minimum Gasteiger partial charge on any atom is -0.420 e. The van der Waals surface area contributed by atoms with Crippen molar-refractivity contribution in [2.24, 2.45) is 5.41 Å². The zero-order valence-corrected chi connectivity index (χ0v) is 9.12. The Balaban J connectivity index is 3.89. The summed E-state index contributed by atoms with van der Waals surface area (Å²) in [5, 5.41) is 0. The number of hydrogen-bond acceptors (Lipinski definition) is 1. The molecule has 0 aliphatic carbocycles. The van der Waals surface area contributed by atoms with Gasteiger partial charge in [0.2, 0.25) is 0 Å². The smallest absolute Gasteiger partial charge is 0.186 e. The normalized spacial score (nSPS) is 13.8. The first kappa shape index (κ1) is 10.2. The van der Waals surface area contributed by atoms with Gasteiger partial charge in [-0.1, -0.05) is 20.8 Å². The molecule has 0 bridgehead atoms. The van der Waals surface area contributed by atoms with Gasteiger partial charge in [0, 0.05) is 7.11 Å². The average molecular weight is 160 g/mol. The van der Waals surface area contributed by atoms with Gasteiger partial charge in [-0.25, -0.2) is 0 Å². The predicted octanol–water partition coefficient (Wildman–Crippen LogP) is 2.88. The van der Waals surface area contributed by atoms with Crippen LogP contribution in [0.4, 0.5) is 0 Å². The Morgan fingerprint density at radius 3 is 1.70 bits per heavy atom. The second-order valence-corrected chi connectivity index (χ2v) is 8.98. The van der Waals surface area contributed by atoms with Crippen LogP contribution in [0.25, 0.3) is 0 Å². The van der Waals surface area contributed by atoms with Gasteiger partial charge >= 0.3 is 0 Å². The van der Waals surface area contributed by atoms with E-state index in [4.69, 9.17) is 4.43 Å². The van der Waals surface area contributed by atoms with Crippen molar-refractivity contribution in [1.29, 1.82) is 0 Å². The first-order valence-electron chi connectivity index (χ1n) is 3.82. The van der Waals surface area contributed by atoms with Crippen molar-refractivity contribution in [2.45, 2.75) is 39.9 Å². The molecule has 1 nitrogen and oxygen atoms in total. The molecule has 2 heteroatoms. The van der Waals surface area contributed by atoms with Crippen molar-refractivity contribution in [3.8, 4) is 0 Å². The maximum Gasteiger partial charge on any atom is 0.186 e. The molecule has 0 aliphatic rings. The fourth-order valence-electron chi connectivity index (χ4n) is 1.35. The molecular formula is C8H20OSi. The molecule has 0 spiro atoms. The van der Waals surface area contributed by atoms with E-state index in [-0.39, 0.29) is 0 Å². The predicted molar refractivity (Wildman–Crippen MR) is 48.8 cm³/mol. The highest BCUT2D eigenvalue weighted by Gasteiger charge is 2.27. The monoisotopic (exact) mass is 160 g/mol. The lowest BCUT2D eigenvalue weighted by Crippen LogP contribution is -2.33. The van der Waals surface area contributed by atoms with Gasteiger partial charge in [-0.2, -0.15) is 0 Å². The van der Waals surface area contributed by atoms with E-state index in [1.165, 1.54) is 6.04 Å². The van der Waals surface area contributed by atoms with E-state index in [0.717, 1.165) is 0 Å². The number of hydrogen-bond donors (Lipinski definition) is 0. The zero-order chi connectivity index (χ0) is 8.41. The standard InChI is InChI=1S/C8H20OSi/c1-8(2,3)7-10(5,6)9-4/h7H2,1-6H3. The van der Waals surface area contributed by atoms with Crippen molar-refractivity contribution in [1.82, 2.24) is 0 Å². The quantitative estimate of drug-likeness (QED) is 0.564. The first-order chi connectivity index (χ1) is 4.27. The van der Waals surface area contributed by atoms with Crippen LogP contribution in [0.3, 0.4) is 0 Å². The van der Waals surface area contributed by atoms with Crippen LogP contribution < -0.4 is 0 Å². The van der Waals surface area contributed by atoms with Gasteiger partial charge in [-0.05, 0) is 24.6 Å². The average Bonchev–Trinajstić information content (AvgIpc) is 1.60. The van der Waals surface area contributed by atoms with Crippen LogP contribution in [-0.2, 0) is 4.43 Å². The van der Waals surface area contributed by atoms with Crippen LogP contribution in [0.1, 0.15) is 20.8 Å². The molecule has 0 rings (SSSR count). The molecule has 0 radical (unpaired) electrons. The molecule has 0 saturated carbocycles. The van der Waals surface area contributed by atoms with E-state index < -0.39 is 8.32 Å². The van der Waals surface area contributed by atoms with Gasteiger partial charge in [0.1, 0.15) is 0 Å². The van der Waals surface area contributed by atoms with Gasteiger partial charge in [-0.3, -0.25) is 0 Å². The van der Waals surface area contributed by atoms with E-state index in [0.29, 0.717) is 5.41 Å². The summed E-state index contributed by atoms with van der Waals surface area (Å²) in [5.41, 5.74) is 0.422. The van der Waals surface area contributed by atoms with Crippen molar-refractivity contribution in [2.75, 3.05) is 7.11 Å². The SMILES string of the molecule is CO[Si](C)(C)CC(C)(C)C. The molecular weight excluding hydrogens is 140 g/mol. The summed E-state index contributed by atoms with van der Waals surface area (Å²) in [6.45, 7) is 11.3. The van der Waals surface area contributed by atoms with Crippen molar-refractivity contribution < 1.29 is 4.43 Å². The molecule has 0 fully saturated rings. The van der Waals surface area contributed by atoms with Crippen LogP contribution >= 0.6 is 0 Å². The lowest BCUT2D eigenvalue weighted by Gasteiger charge is -2.28. The highest BCUT2D eigenvalue weighted by atomic mass is 28.4. The van der Waals surface area contributed by atoms with Gasteiger partial charge < -0.3 is 4.43 Å². The zero-order valence-electron chi connectivity index (χ0n) is 8.12. The Hall–Kier alpha value is 0.177. The lowest BCUT2D eigenvalue weighted by molar-refractivity contribution is 0.366. The summed E-state index contributed by atoms with van der Waals surface area (Å²) in [6, 6.07) is 1.23. The summed E-state index contributed by atoms with van der Waals surface area (Å²) in [5.74, 6) is 0. The van der Waals surface area contributed by atoms with Crippen molar-refractivity contribution in [3.63, 3.8) is 0 Å². The third-order valence-corrected chi connectivity index (χ3v) is 4.53. The summed E-state index contributed by atoms with van der Waals surface area (Å²) >= 11 is 0. The van der Waals surface area contributed by atoms with Crippen LogP contribution in [-0.4, -0.2) is 15.4 Å².